The molecule has 0 saturated carbocycles. The molecule has 0 fully saturated rings. The van der Waals surface area contributed by atoms with Gasteiger partial charge in [0.25, 0.3) is 0 Å². The molecule has 2 rings (SSSR count). The van der Waals surface area contributed by atoms with Gasteiger partial charge in [0.1, 0.15) is 0 Å². The van der Waals surface area contributed by atoms with Gasteiger partial charge in [0.2, 0.25) is 0 Å². The van der Waals surface area contributed by atoms with Gasteiger partial charge in [0.15, 0.2) is 11.5 Å². The van der Waals surface area contributed by atoms with Crippen LogP contribution >= 0.6 is 0 Å². The fraction of sp³-hybridized carbons (Fsp3) is 0.190. The molecule has 0 aliphatic heterocycles. The summed E-state index contributed by atoms with van der Waals surface area (Å²) < 4.78 is 10.7. The number of ether oxygens (including phenoxy) is 2. The number of aliphatic imine (C=N–C) groups is 1. The number of nitrogens with zero attached hydrogens (tertiary/aromatic N) is 1. The lowest BCUT2D eigenvalue weighted by atomic mass is 9.94. The van der Waals surface area contributed by atoms with Crippen molar-refractivity contribution in [2.24, 2.45) is 4.99 Å². The average Bonchev–Trinajstić information content (AvgIpc) is 2.59. The number of aryl methyl sites for hydroxylation is 1. The summed E-state index contributed by atoms with van der Waals surface area (Å²) in [6.45, 7) is 12.1. The Bertz CT molecular complexity index is 803. The minimum atomic E-state index is 0.663. The first-order valence-corrected chi connectivity index (χ1v) is 7.69. The topological polar surface area (TPSA) is 30.8 Å². The van der Waals surface area contributed by atoms with Crippen LogP contribution in [0.4, 0.5) is 0 Å². The summed E-state index contributed by atoms with van der Waals surface area (Å²) in [6.07, 6.45) is 0. The second-order valence-corrected chi connectivity index (χ2v) is 5.56. The summed E-state index contributed by atoms with van der Waals surface area (Å²) in [5.74, 6) is 1.35. The average molecular weight is 321 g/mol. The first-order valence-electron chi connectivity index (χ1n) is 7.69. The second-order valence-electron chi connectivity index (χ2n) is 5.56. The first kappa shape index (κ1) is 17.5. The predicted octanol–water partition coefficient (Wildman–Crippen LogP) is 5.05. The van der Waals surface area contributed by atoms with E-state index < -0.39 is 0 Å². The van der Waals surface area contributed by atoms with Crippen molar-refractivity contribution < 1.29 is 9.47 Å². The molecular formula is C21H23NO2. The van der Waals surface area contributed by atoms with E-state index in [1.807, 2.05) is 43.3 Å². The molecule has 0 aliphatic carbocycles. The van der Waals surface area contributed by atoms with Gasteiger partial charge in [0.05, 0.1) is 19.9 Å². The molecule has 3 nitrogen and oxygen atoms in total. The van der Waals surface area contributed by atoms with E-state index in [2.05, 4.69) is 31.1 Å². The van der Waals surface area contributed by atoms with Crippen molar-refractivity contribution in [3.63, 3.8) is 0 Å². The summed E-state index contributed by atoms with van der Waals surface area (Å²) in [6, 6.07) is 13.8. The third-order valence-electron chi connectivity index (χ3n) is 3.72. The van der Waals surface area contributed by atoms with E-state index >= 15 is 0 Å². The van der Waals surface area contributed by atoms with Crippen molar-refractivity contribution in [3.05, 3.63) is 78.0 Å². The Hall–Kier alpha value is -2.81. The molecule has 0 amide bonds. The second kappa shape index (κ2) is 7.64. The molecule has 0 saturated heterocycles. The lowest BCUT2D eigenvalue weighted by molar-refractivity contribution is 0.355. The Morgan fingerprint density at radius 3 is 2.21 bits per heavy atom. The van der Waals surface area contributed by atoms with Crippen LogP contribution in [0.25, 0.3) is 5.57 Å². The Morgan fingerprint density at radius 1 is 0.958 bits per heavy atom. The smallest absolute Gasteiger partial charge is 0.161 e. The first-order chi connectivity index (χ1) is 11.5. The molecule has 0 heterocycles. The molecule has 0 radical (unpaired) electrons. The maximum Gasteiger partial charge on any atom is 0.161 e. The fourth-order valence-electron chi connectivity index (χ4n) is 2.48. The van der Waals surface area contributed by atoms with E-state index in [1.165, 1.54) is 0 Å². The van der Waals surface area contributed by atoms with Crippen LogP contribution in [0, 0.1) is 6.92 Å². The summed E-state index contributed by atoms with van der Waals surface area (Å²) in [5.41, 5.74) is 5.46. The zero-order valence-electron chi connectivity index (χ0n) is 14.7. The van der Waals surface area contributed by atoms with Crippen LogP contribution in [0.5, 0.6) is 11.5 Å². The van der Waals surface area contributed by atoms with Gasteiger partial charge in [-0.1, -0.05) is 43.5 Å². The maximum absolute atomic E-state index is 5.39. The zero-order valence-corrected chi connectivity index (χ0v) is 14.7. The molecule has 24 heavy (non-hydrogen) atoms. The predicted molar refractivity (Wildman–Crippen MR) is 101 cm³/mol. The highest BCUT2D eigenvalue weighted by Gasteiger charge is 2.14. The normalized spacial score (nSPS) is 11.1. The van der Waals surface area contributed by atoms with Crippen LogP contribution < -0.4 is 9.47 Å². The van der Waals surface area contributed by atoms with Gasteiger partial charge in [-0.15, -0.1) is 0 Å². The van der Waals surface area contributed by atoms with Crippen molar-refractivity contribution >= 4 is 11.3 Å². The molecule has 0 unspecified atom stereocenters. The van der Waals surface area contributed by atoms with Crippen molar-refractivity contribution in [3.8, 4) is 11.5 Å². The van der Waals surface area contributed by atoms with Gasteiger partial charge in [-0.2, -0.15) is 0 Å². The van der Waals surface area contributed by atoms with Gasteiger partial charge in [-0.3, -0.25) is 4.99 Å². The Kier molecular flexibility index (Phi) is 5.59. The van der Waals surface area contributed by atoms with Crippen molar-refractivity contribution in [2.45, 2.75) is 13.8 Å². The van der Waals surface area contributed by atoms with Gasteiger partial charge in [0, 0.05) is 16.8 Å². The van der Waals surface area contributed by atoms with Crippen molar-refractivity contribution in [2.75, 3.05) is 14.2 Å². The van der Waals surface area contributed by atoms with Gasteiger partial charge >= 0.3 is 0 Å². The van der Waals surface area contributed by atoms with E-state index in [-0.39, 0.29) is 0 Å². The Balaban J connectivity index is 2.54. The maximum atomic E-state index is 5.39. The van der Waals surface area contributed by atoms with Crippen LogP contribution in [-0.2, 0) is 0 Å². The zero-order chi connectivity index (χ0) is 17.7. The summed E-state index contributed by atoms with van der Waals surface area (Å²) in [4.78, 5) is 4.63. The highest BCUT2D eigenvalue weighted by atomic mass is 16.5. The molecule has 0 spiro atoms. The standard InChI is InChI=1S/C21H23NO2/c1-14(2)22-21(18-10-8-7-9-15(18)3)16(4)17-11-12-19(23-5)20(13-17)24-6/h7-13H,1,4H2,2-3,5-6H3/b22-21-. The number of allylic oxidation sites excluding steroid dienone is 2. The molecule has 3 heteroatoms. The van der Waals surface area contributed by atoms with Crippen molar-refractivity contribution in [1.29, 1.82) is 0 Å². The number of hydrogen-bond acceptors (Lipinski definition) is 3. The monoisotopic (exact) mass is 321 g/mol. The summed E-state index contributed by atoms with van der Waals surface area (Å²) >= 11 is 0. The van der Waals surface area contributed by atoms with Gasteiger partial charge < -0.3 is 9.47 Å². The summed E-state index contributed by atoms with van der Waals surface area (Å²) in [5, 5.41) is 0. The van der Waals surface area contributed by atoms with Crippen LogP contribution in [0.3, 0.4) is 0 Å². The third kappa shape index (κ3) is 3.74. The molecule has 124 valence electrons. The summed E-state index contributed by atoms with van der Waals surface area (Å²) in [7, 11) is 3.24. The van der Waals surface area contributed by atoms with E-state index in [1.54, 1.807) is 14.2 Å². The number of benzene rings is 2. The molecule has 0 bridgehead atoms. The number of hydrogen-bond donors (Lipinski definition) is 0. The molecule has 0 atom stereocenters. The highest BCUT2D eigenvalue weighted by Crippen LogP contribution is 2.31. The molecule has 2 aromatic rings. The Morgan fingerprint density at radius 2 is 1.62 bits per heavy atom. The number of rotatable bonds is 6. The van der Waals surface area contributed by atoms with Crippen LogP contribution in [0.1, 0.15) is 23.6 Å². The SMILES string of the molecule is C=C(C)/N=C(/C(=C)c1ccc(OC)c(OC)c1)c1ccccc1C. The fourth-order valence-corrected chi connectivity index (χ4v) is 2.48. The van der Waals surface area contributed by atoms with Crippen LogP contribution in [-0.4, -0.2) is 19.9 Å². The van der Waals surface area contributed by atoms with E-state index in [9.17, 15) is 0 Å². The highest BCUT2D eigenvalue weighted by molar-refractivity contribution is 6.32. The molecule has 0 aliphatic rings. The quantitative estimate of drug-likeness (QED) is 0.697. The third-order valence-corrected chi connectivity index (χ3v) is 3.72. The largest absolute Gasteiger partial charge is 0.493 e. The molecule has 2 aromatic carbocycles. The van der Waals surface area contributed by atoms with E-state index in [4.69, 9.17) is 9.47 Å². The lowest BCUT2D eigenvalue weighted by Gasteiger charge is -2.15. The lowest BCUT2D eigenvalue weighted by Crippen LogP contribution is -2.06. The van der Waals surface area contributed by atoms with Crippen molar-refractivity contribution in [1.82, 2.24) is 0 Å². The Labute approximate surface area is 144 Å². The molecular weight excluding hydrogens is 298 g/mol. The number of methoxy groups -OCH3 is 2. The molecule has 0 aromatic heterocycles. The van der Waals surface area contributed by atoms with Gasteiger partial charge in [-0.05, 0) is 37.1 Å². The van der Waals surface area contributed by atoms with Crippen LogP contribution in [0.2, 0.25) is 0 Å². The van der Waals surface area contributed by atoms with Gasteiger partial charge in [-0.25, -0.2) is 0 Å². The molecule has 0 N–H and O–H groups in total. The van der Waals surface area contributed by atoms with E-state index in [0.717, 1.165) is 33.7 Å². The van der Waals surface area contributed by atoms with Crippen LogP contribution in [0.15, 0.2) is 66.3 Å². The minimum absolute atomic E-state index is 0.663. The van der Waals surface area contributed by atoms with E-state index in [0.29, 0.717) is 11.5 Å². The minimum Gasteiger partial charge on any atom is -0.493 e.